The van der Waals surface area contributed by atoms with Crippen molar-refractivity contribution in [1.82, 2.24) is 10.3 Å². The van der Waals surface area contributed by atoms with Crippen LogP contribution in [-0.2, 0) is 11.3 Å². The highest BCUT2D eigenvalue weighted by molar-refractivity contribution is 5.82. The molecule has 1 aromatic heterocycles. The number of aromatic nitrogens is 1. The highest BCUT2D eigenvalue weighted by Gasteiger charge is 2.12. The third-order valence-corrected chi connectivity index (χ3v) is 3.23. The number of amides is 1. The van der Waals surface area contributed by atoms with Crippen molar-refractivity contribution >= 4 is 16.8 Å². The van der Waals surface area contributed by atoms with Gasteiger partial charge < -0.3 is 10.3 Å². The van der Waals surface area contributed by atoms with Crippen molar-refractivity contribution in [3.05, 3.63) is 35.3 Å². The van der Waals surface area contributed by atoms with Gasteiger partial charge in [0.15, 0.2) is 0 Å². The SMILES string of the molecule is CC(C)c1cc2[nH]c(CNC(=O)CC(F)F)cc2cc1F. The standard InChI is InChI=1S/C15H17F3N2O/c1-8(2)11-5-13-9(4-12(11)16)3-10(20-13)7-19-15(21)6-14(17)18/h3-5,8,14,20H,6-7H2,1-2H3,(H,19,21). The molecule has 0 aliphatic carbocycles. The third-order valence-electron chi connectivity index (χ3n) is 3.23. The van der Waals surface area contributed by atoms with Gasteiger partial charge in [-0.15, -0.1) is 0 Å². The van der Waals surface area contributed by atoms with Crippen LogP contribution < -0.4 is 5.32 Å². The number of hydrogen-bond donors (Lipinski definition) is 2. The van der Waals surface area contributed by atoms with E-state index in [2.05, 4.69) is 10.3 Å². The van der Waals surface area contributed by atoms with Gasteiger partial charge >= 0.3 is 0 Å². The molecular weight excluding hydrogens is 281 g/mol. The van der Waals surface area contributed by atoms with Gasteiger partial charge in [-0.05, 0) is 29.7 Å². The van der Waals surface area contributed by atoms with E-state index in [4.69, 9.17) is 0 Å². The van der Waals surface area contributed by atoms with Crippen molar-refractivity contribution in [2.45, 2.75) is 39.2 Å². The van der Waals surface area contributed by atoms with Crippen LogP contribution in [0.25, 0.3) is 10.9 Å². The monoisotopic (exact) mass is 298 g/mol. The van der Waals surface area contributed by atoms with Crippen LogP contribution >= 0.6 is 0 Å². The molecule has 0 saturated carbocycles. The molecule has 2 rings (SSSR count). The van der Waals surface area contributed by atoms with Crippen LogP contribution in [0.15, 0.2) is 18.2 Å². The fraction of sp³-hybridized carbons (Fsp3) is 0.400. The quantitative estimate of drug-likeness (QED) is 0.868. The molecular formula is C15H17F3N2O. The third kappa shape index (κ3) is 3.77. The molecule has 0 unspecified atom stereocenters. The van der Waals surface area contributed by atoms with E-state index in [1.54, 1.807) is 12.1 Å². The predicted molar refractivity (Wildman–Crippen MR) is 74.8 cm³/mol. The van der Waals surface area contributed by atoms with E-state index in [9.17, 15) is 18.0 Å². The van der Waals surface area contributed by atoms with Crippen molar-refractivity contribution in [3.63, 3.8) is 0 Å². The minimum absolute atomic E-state index is 0.0619. The molecule has 2 aromatic rings. The van der Waals surface area contributed by atoms with E-state index in [0.29, 0.717) is 16.6 Å². The Balaban J connectivity index is 2.14. The molecule has 21 heavy (non-hydrogen) atoms. The molecule has 2 N–H and O–H groups in total. The normalized spacial score (nSPS) is 11.6. The second-order valence-corrected chi connectivity index (χ2v) is 5.28. The van der Waals surface area contributed by atoms with Crippen LogP contribution in [0.4, 0.5) is 13.2 Å². The molecule has 3 nitrogen and oxygen atoms in total. The van der Waals surface area contributed by atoms with E-state index in [0.717, 1.165) is 5.52 Å². The summed E-state index contributed by atoms with van der Waals surface area (Å²) in [5.41, 5.74) is 2.02. The van der Waals surface area contributed by atoms with Crippen LogP contribution in [0.5, 0.6) is 0 Å². The zero-order valence-electron chi connectivity index (χ0n) is 11.8. The van der Waals surface area contributed by atoms with Crippen LogP contribution in [0, 0.1) is 5.82 Å². The number of halogens is 3. The summed E-state index contributed by atoms with van der Waals surface area (Å²) in [4.78, 5) is 14.2. The fourth-order valence-corrected chi connectivity index (χ4v) is 2.17. The minimum atomic E-state index is -2.66. The first kappa shape index (κ1) is 15.4. The van der Waals surface area contributed by atoms with Crippen molar-refractivity contribution in [2.75, 3.05) is 0 Å². The van der Waals surface area contributed by atoms with Crippen LogP contribution in [0.1, 0.15) is 37.4 Å². The molecule has 0 aliphatic heterocycles. The lowest BCUT2D eigenvalue weighted by atomic mass is 10.0. The highest BCUT2D eigenvalue weighted by atomic mass is 19.3. The van der Waals surface area contributed by atoms with Crippen molar-refractivity contribution in [2.24, 2.45) is 0 Å². The van der Waals surface area contributed by atoms with E-state index in [1.807, 2.05) is 13.8 Å². The first-order chi connectivity index (χ1) is 9.86. The summed E-state index contributed by atoms with van der Waals surface area (Å²) in [5.74, 6) is -0.922. The number of nitrogens with one attached hydrogen (secondary N) is 2. The van der Waals surface area contributed by atoms with Gasteiger partial charge in [0.05, 0.1) is 13.0 Å². The van der Waals surface area contributed by atoms with Crippen LogP contribution in [0.3, 0.4) is 0 Å². The van der Waals surface area contributed by atoms with Gasteiger partial charge in [0, 0.05) is 16.6 Å². The molecule has 6 heteroatoms. The number of benzene rings is 1. The predicted octanol–water partition coefficient (Wildman–Crippen LogP) is 3.70. The molecule has 0 spiro atoms. The van der Waals surface area contributed by atoms with Gasteiger partial charge in [-0.2, -0.15) is 0 Å². The first-order valence-corrected chi connectivity index (χ1v) is 6.72. The van der Waals surface area contributed by atoms with E-state index in [1.165, 1.54) is 6.07 Å². The number of hydrogen-bond acceptors (Lipinski definition) is 1. The second kappa shape index (κ2) is 6.20. The lowest BCUT2D eigenvalue weighted by molar-refractivity contribution is -0.123. The highest BCUT2D eigenvalue weighted by Crippen LogP contribution is 2.25. The maximum Gasteiger partial charge on any atom is 0.247 e. The number of H-pyrrole nitrogens is 1. The number of carbonyl (C=O) groups excluding carboxylic acids is 1. The summed E-state index contributed by atoms with van der Waals surface area (Å²) in [6, 6.07) is 4.87. The Morgan fingerprint density at radius 3 is 2.62 bits per heavy atom. The second-order valence-electron chi connectivity index (χ2n) is 5.28. The summed E-state index contributed by atoms with van der Waals surface area (Å²) in [7, 11) is 0. The maximum absolute atomic E-state index is 13.9. The van der Waals surface area contributed by atoms with E-state index in [-0.39, 0.29) is 18.3 Å². The number of rotatable bonds is 5. The van der Waals surface area contributed by atoms with Crippen LogP contribution in [-0.4, -0.2) is 17.3 Å². The topological polar surface area (TPSA) is 44.9 Å². The number of carbonyl (C=O) groups is 1. The van der Waals surface area contributed by atoms with Gasteiger partial charge in [-0.3, -0.25) is 4.79 Å². The lowest BCUT2D eigenvalue weighted by Crippen LogP contribution is -2.24. The molecule has 0 atom stereocenters. The average Bonchev–Trinajstić information content (AvgIpc) is 2.76. The van der Waals surface area contributed by atoms with Gasteiger partial charge in [-0.25, -0.2) is 13.2 Å². The molecule has 1 heterocycles. The van der Waals surface area contributed by atoms with Crippen molar-refractivity contribution in [3.8, 4) is 0 Å². The number of alkyl halides is 2. The lowest BCUT2D eigenvalue weighted by Gasteiger charge is -2.06. The fourth-order valence-electron chi connectivity index (χ4n) is 2.17. The zero-order chi connectivity index (χ0) is 15.6. The molecule has 0 aliphatic rings. The average molecular weight is 298 g/mol. The Hall–Kier alpha value is -1.98. The summed E-state index contributed by atoms with van der Waals surface area (Å²) in [6.45, 7) is 3.91. The van der Waals surface area contributed by atoms with Crippen molar-refractivity contribution < 1.29 is 18.0 Å². The molecule has 0 fully saturated rings. The molecule has 114 valence electrons. The molecule has 0 radical (unpaired) electrons. The van der Waals surface area contributed by atoms with Crippen molar-refractivity contribution in [1.29, 1.82) is 0 Å². The van der Waals surface area contributed by atoms with Crippen LogP contribution in [0.2, 0.25) is 0 Å². The zero-order valence-corrected chi connectivity index (χ0v) is 11.8. The Morgan fingerprint density at radius 1 is 1.29 bits per heavy atom. The van der Waals surface area contributed by atoms with Gasteiger partial charge in [0.1, 0.15) is 5.82 Å². The minimum Gasteiger partial charge on any atom is -0.357 e. The van der Waals surface area contributed by atoms with E-state index < -0.39 is 18.8 Å². The Labute approximate surface area is 120 Å². The Bertz CT molecular complexity index is 650. The number of aromatic amines is 1. The Kier molecular flexibility index (Phi) is 4.55. The molecule has 0 saturated heterocycles. The summed E-state index contributed by atoms with van der Waals surface area (Å²) in [6.07, 6.45) is -3.47. The largest absolute Gasteiger partial charge is 0.357 e. The first-order valence-electron chi connectivity index (χ1n) is 6.72. The maximum atomic E-state index is 13.9. The van der Waals surface area contributed by atoms with Gasteiger partial charge in [-0.1, -0.05) is 13.8 Å². The van der Waals surface area contributed by atoms with Gasteiger partial charge in [0.25, 0.3) is 0 Å². The summed E-state index contributed by atoms with van der Waals surface area (Å²) < 4.78 is 37.9. The smallest absolute Gasteiger partial charge is 0.247 e. The van der Waals surface area contributed by atoms with E-state index >= 15 is 0 Å². The molecule has 0 bridgehead atoms. The molecule has 1 aromatic carbocycles. The Morgan fingerprint density at radius 2 is 2.00 bits per heavy atom. The summed E-state index contributed by atoms with van der Waals surface area (Å²) in [5, 5.41) is 3.09. The molecule has 1 amide bonds. The number of fused-ring (bicyclic) bond motifs is 1. The van der Waals surface area contributed by atoms with Gasteiger partial charge in [0.2, 0.25) is 12.3 Å². The summed E-state index contributed by atoms with van der Waals surface area (Å²) >= 11 is 0.